The van der Waals surface area contributed by atoms with Gasteiger partial charge in [0.1, 0.15) is 5.75 Å². The maximum atomic E-state index is 12.4. The number of ether oxygens (including phenoxy) is 1. The first-order valence-corrected chi connectivity index (χ1v) is 8.99. The van der Waals surface area contributed by atoms with Crippen molar-refractivity contribution >= 4 is 23.2 Å². The van der Waals surface area contributed by atoms with Gasteiger partial charge in [0.05, 0.1) is 6.10 Å². The molecule has 138 valence electrons. The Balaban J connectivity index is 1.99. The first kappa shape index (κ1) is 19.5. The maximum Gasteiger partial charge on any atom is 0.255 e. The Morgan fingerprint density at radius 1 is 1.00 bits per heavy atom. The van der Waals surface area contributed by atoms with Crippen molar-refractivity contribution in [1.82, 2.24) is 0 Å². The lowest BCUT2D eigenvalue weighted by Crippen LogP contribution is -2.14. The van der Waals surface area contributed by atoms with Crippen molar-refractivity contribution in [3.8, 4) is 5.75 Å². The molecule has 0 fully saturated rings. The van der Waals surface area contributed by atoms with E-state index in [0.29, 0.717) is 29.1 Å². The van der Waals surface area contributed by atoms with Crippen LogP contribution in [-0.4, -0.2) is 17.9 Å². The van der Waals surface area contributed by atoms with Crippen molar-refractivity contribution in [1.29, 1.82) is 0 Å². The average molecular weight is 354 g/mol. The van der Waals surface area contributed by atoms with Gasteiger partial charge in [-0.1, -0.05) is 19.9 Å². The molecule has 1 unspecified atom stereocenters. The summed E-state index contributed by atoms with van der Waals surface area (Å²) in [4.78, 5) is 24.0. The van der Waals surface area contributed by atoms with Crippen LogP contribution in [0.1, 0.15) is 50.4 Å². The normalized spacial score (nSPS) is 11.5. The molecule has 0 aliphatic heterocycles. The number of nitrogens with one attached hydrogen (secondary N) is 2. The van der Waals surface area contributed by atoms with E-state index in [2.05, 4.69) is 17.6 Å². The molecule has 1 atom stereocenters. The van der Waals surface area contributed by atoms with E-state index in [-0.39, 0.29) is 17.9 Å². The van der Waals surface area contributed by atoms with Crippen LogP contribution in [0.25, 0.3) is 0 Å². The molecule has 0 spiro atoms. The zero-order chi connectivity index (χ0) is 18.9. The van der Waals surface area contributed by atoms with Gasteiger partial charge in [0.25, 0.3) is 5.91 Å². The lowest BCUT2D eigenvalue weighted by Gasteiger charge is -2.13. The van der Waals surface area contributed by atoms with Crippen LogP contribution in [0.3, 0.4) is 0 Å². The second kappa shape index (κ2) is 9.61. The summed E-state index contributed by atoms with van der Waals surface area (Å²) in [6.45, 7) is 6.00. The third-order valence-corrected chi connectivity index (χ3v) is 3.91. The first-order chi connectivity index (χ1) is 12.5. The van der Waals surface area contributed by atoms with E-state index in [1.165, 1.54) is 0 Å². The van der Waals surface area contributed by atoms with Gasteiger partial charge in [-0.05, 0) is 62.2 Å². The van der Waals surface area contributed by atoms with Gasteiger partial charge in [0, 0.05) is 23.4 Å². The fourth-order valence-corrected chi connectivity index (χ4v) is 2.32. The van der Waals surface area contributed by atoms with E-state index < -0.39 is 0 Å². The minimum Gasteiger partial charge on any atom is -0.491 e. The summed E-state index contributed by atoms with van der Waals surface area (Å²) in [5, 5.41) is 5.67. The topological polar surface area (TPSA) is 67.4 Å². The summed E-state index contributed by atoms with van der Waals surface area (Å²) < 4.78 is 5.76. The summed E-state index contributed by atoms with van der Waals surface area (Å²) in [5.41, 5.74) is 1.91. The van der Waals surface area contributed by atoms with E-state index in [1.807, 2.05) is 19.9 Å². The number of hydrogen-bond acceptors (Lipinski definition) is 3. The molecule has 0 saturated heterocycles. The molecule has 2 aromatic rings. The number of amides is 2. The number of rotatable bonds is 8. The third-order valence-electron chi connectivity index (χ3n) is 3.91. The Morgan fingerprint density at radius 2 is 1.65 bits per heavy atom. The molecule has 0 heterocycles. The van der Waals surface area contributed by atoms with Crippen molar-refractivity contribution in [2.24, 2.45) is 0 Å². The minimum absolute atomic E-state index is 0.0117. The van der Waals surface area contributed by atoms with E-state index in [9.17, 15) is 9.59 Å². The summed E-state index contributed by atoms with van der Waals surface area (Å²) in [5.74, 6) is 0.464. The highest BCUT2D eigenvalue weighted by Gasteiger charge is 2.09. The van der Waals surface area contributed by atoms with Gasteiger partial charge in [0.2, 0.25) is 5.91 Å². The number of hydrogen-bond donors (Lipinski definition) is 2. The SMILES string of the molecule is CCCC(=O)Nc1ccc(NC(=O)c2cccc(OC(C)CC)c2)cc1. The Kier molecular flexibility index (Phi) is 7.21. The standard InChI is InChI=1S/C21H26N2O3/c1-4-7-20(24)22-17-10-12-18(13-11-17)23-21(25)16-8-6-9-19(14-16)26-15(3)5-2/h6,8-15H,4-5,7H2,1-3H3,(H,22,24)(H,23,25). The molecule has 2 N–H and O–H groups in total. The van der Waals surface area contributed by atoms with E-state index in [4.69, 9.17) is 4.74 Å². The van der Waals surface area contributed by atoms with E-state index in [1.54, 1.807) is 42.5 Å². The van der Waals surface area contributed by atoms with Crippen molar-refractivity contribution < 1.29 is 14.3 Å². The monoisotopic (exact) mass is 354 g/mol. The van der Waals surface area contributed by atoms with E-state index >= 15 is 0 Å². The van der Waals surface area contributed by atoms with Gasteiger partial charge < -0.3 is 15.4 Å². The molecule has 0 radical (unpaired) electrons. The van der Waals surface area contributed by atoms with E-state index in [0.717, 1.165) is 12.8 Å². The van der Waals surface area contributed by atoms with Crippen LogP contribution >= 0.6 is 0 Å². The Morgan fingerprint density at radius 3 is 2.27 bits per heavy atom. The quantitative estimate of drug-likeness (QED) is 0.712. The van der Waals surface area contributed by atoms with Gasteiger partial charge >= 0.3 is 0 Å². The zero-order valence-electron chi connectivity index (χ0n) is 15.5. The maximum absolute atomic E-state index is 12.4. The second-order valence-electron chi connectivity index (χ2n) is 6.19. The fourth-order valence-electron chi connectivity index (χ4n) is 2.32. The number of benzene rings is 2. The van der Waals surface area contributed by atoms with Gasteiger partial charge in [-0.2, -0.15) is 0 Å². The molecule has 5 nitrogen and oxygen atoms in total. The predicted octanol–water partition coefficient (Wildman–Crippen LogP) is 4.85. The van der Waals surface area contributed by atoms with Crippen molar-refractivity contribution in [3.63, 3.8) is 0 Å². The molecule has 0 bridgehead atoms. The molecule has 2 aromatic carbocycles. The van der Waals surface area contributed by atoms with Gasteiger partial charge in [0.15, 0.2) is 0 Å². The minimum atomic E-state index is -0.206. The van der Waals surface area contributed by atoms with Crippen molar-refractivity contribution in [2.45, 2.75) is 46.1 Å². The predicted molar refractivity (Wildman–Crippen MR) is 105 cm³/mol. The molecule has 26 heavy (non-hydrogen) atoms. The summed E-state index contributed by atoms with van der Waals surface area (Å²) >= 11 is 0. The molecule has 0 aliphatic rings. The van der Waals surface area contributed by atoms with Crippen LogP contribution in [0, 0.1) is 0 Å². The molecule has 5 heteroatoms. The lowest BCUT2D eigenvalue weighted by molar-refractivity contribution is -0.116. The van der Waals surface area contributed by atoms with Crippen LogP contribution < -0.4 is 15.4 Å². The van der Waals surface area contributed by atoms with Gasteiger partial charge in [-0.25, -0.2) is 0 Å². The second-order valence-corrected chi connectivity index (χ2v) is 6.19. The van der Waals surface area contributed by atoms with Crippen LogP contribution in [0.4, 0.5) is 11.4 Å². The lowest BCUT2D eigenvalue weighted by atomic mass is 10.2. The highest BCUT2D eigenvalue weighted by molar-refractivity contribution is 6.04. The summed E-state index contributed by atoms with van der Waals surface area (Å²) in [7, 11) is 0. The average Bonchev–Trinajstić information content (AvgIpc) is 2.63. The molecular formula is C21H26N2O3. The number of carbonyl (C=O) groups excluding carboxylic acids is 2. The highest BCUT2D eigenvalue weighted by Crippen LogP contribution is 2.18. The largest absolute Gasteiger partial charge is 0.491 e. The van der Waals surface area contributed by atoms with Gasteiger partial charge in [-0.15, -0.1) is 0 Å². The van der Waals surface area contributed by atoms with Crippen LogP contribution in [0.2, 0.25) is 0 Å². The molecule has 0 aromatic heterocycles. The zero-order valence-corrected chi connectivity index (χ0v) is 15.5. The Hall–Kier alpha value is -2.82. The third kappa shape index (κ3) is 5.92. The smallest absolute Gasteiger partial charge is 0.255 e. The van der Waals surface area contributed by atoms with Crippen molar-refractivity contribution in [2.75, 3.05) is 10.6 Å². The van der Waals surface area contributed by atoms with Crippen LogP contribution in [-0.2, 0) is 4.79 Å². The Labute approximate surface area is 154 Å². The highest BCUT2D eigenvalue weighted by atomic mass is 16.5. The van der Waals surface area contributed by atoms with Gasteiger partial charge in [-0.3, -0.25) is 9.59 Å². The Bertz CT molecular complexity index is 741. The summed E-state index contributed by atoms with van der Waals surface area (Å²) in [6, 6.07) is 14.2. The number of anilines is 2. The first-order valence-electron chi connectivity index (χ1n) is 8.99. The van der Waals surface area contributed by atoms with Crippen LogP contribution in [0.15, 0.2) is 48.5 Å². The molecule has 0 aliphatic carbocycles. The van der Waals surface area contributed by atoms with Crippen molar-refractivity contribution in [3.05, 3.63) is 54.1 Å². The molecule has 0 saturated carbocycles. The molecule has 2 amide bonds. The van der Waals surface area contributed by atoms with Crippen LogP contribution in [0.5, 0.6) is 5.75 Å². The fraction of sp³-hybridized carbons (Fsp3) is 0.333. The number of carbonyl (C=O) groups is 2. The summed E-state index contributed by atoms with van der Waals surface area (Å²) in [6.07, 6.45) is 2.30. The molecular weight excluding hydrogens is 328 g/mol. The molecule has 2 rings (SSSR count).